The molecule has 40 heavy (non-hydrogen) atoms. The third-order valence-electron chi connectivity index (χ3n) is 8.28. The van der Waals surface area contributed by atoms with E-state index in [1.54, 1.807) is 0 Å². The lowest BCUT2D eigenvalue weighted by Gasteiger charge is -2.31. The molecule has 0 spiro atoms. The summed E-state index contributed by atoms with van der Waals surface area (Å²) in [4.78, 5) is 2.45. The summed E-state index contributed by atoms with van der Waals surface area (Å²) >= 11 is 0. The molecule has 0 radical (unpaired) electrons. The van der Waals surface area contributed by atoms with Crippen LogP contribution in [0.2, 0.25) is 0 Å². The maximum Gasteiger partial charge on any atom is 0.0540 e. The molecule has 1 heteroatoms. The van der Waals surface area contributed by atoms with Gasteiger partial charge in [0, 0.05) is 22.2 Å². The average Bonchev–Trinajstić information content (AvgIpc) is 3.25. The maximum absolute atomic E-state index is 2.45. The van der Waals surface area contributed by atoms with Gasteiger partial charge in [0.25, 0.3) is 0 Å². The number of para-hydroxylation sites is 2. The Balaban J connectivity index is 1.49. The predicted molar refractivity (Wildman–Crippen MR) is 170 cm³/mol. The first-order chi connectivity index (χ1) is 19.6. The molecule has 1 aliphatic rings. The Morgan fingerprint density at radius 2 is 0.850 bits per heavy atom. The fraction of sp³-hybridized carbons (Fsp3) is 0.0769. The summed E-state index contributed by atoms with van der Waals surface area (Å²) in [6.45, 7) is 4.70. The van der Waals surface area contributed by atoms with Crippen LogP contribution in [0.5, 0.6) is 0 Å². The van der Waals surface area contributed by atoms with Crippen LogP contribution in [0.4, 0.5) is 17.1 Å². The summed E-state index contributed by atoms with van der Waals surface area (Å²) < 4.78 is 0. The third kappa shape index (κ3) is 3.94. The van der Waals surface area contributed by atoms with Gasteiger partial charge in [0.05, 0.1) is 11.4 Å². The fourth-order valence-corrected chi connectivity index (χ4v) is 6.30. The van der Waals surface area contributed by atoms with Crippen molar-refractivity contribution in [2.24, 2.45) is 0 Å². The van der Waals surface area contributed by atoms with Gasteiger partial charge in [0.2, 0.25) is 0 Å². The largest absolute Gasteiger partial charge is 0.309 e. The van der Waals surface area contributed by atoms with Gasteiger partial charge >= 0.3 is 0 Å². The Hall–Kier alpha value is -4.88. The van der Waals surface area contributed by atoms with E-state index >= 15 is 0 Å². The molecular formula is C39H31N. The summed E-state index contributed by atoms with van der Waals surface area (Å²) in [5, 5.41) is 0. The highest BCUT2D eigenvalue weighted by molar-refractivity contribution is 5.94. The average molecular weight is 514 g/mol. The summed E-state index contributed by atoms with van der Waals surface area (Å²) in [6, 6.07) is 54.8. The summed E-state index contributed by atoms with van der Waals surface area (Å²) in [6.07, 6.45) is 0. The first-order valence-electron chi connectivity index (χ1n) is 14.0. The van der Waals surface area contributed by atoms with Crippen molar-refractivity contribution in [3.63, 3.8) is 0 Å². The first kappa shape index (κ1) is 24.2. The summed E-state index contributed by atoms with van der Waals surface area (Å²) in [7, 11) is 0. The molecule has 1 aliphatic carbocycles. The van der Waals surface area contributed by atoms with Crippen molar-refractivity contribution in [1.29, 1.82) is 0 Å². The molecular weight excluding hydrogens is 482 g/mol. The number of hydrogen-bond acceptors (Lipinski definition) is 1. The second-order valence-corrected chi connectivity index (χ2v) is 11.0. The second kappa shape index (κ2) is 9.70. The molecule has 0 atom stereocenters. The van der Waals surface area contributed by atoms with Gasteiger partial charge in [0.15, 0.2) is 0 Å². The van der Waals surface area contributed by atoms with Crippen molar-refractivity contribution in [2.75, 3.05) is 4.90 Å². The number of benzene rings is 6. The van der Waals surface area contributed by atoms with Gasteiger partial charge in [-0.25, -0.2) is 0 Å². The minimum atomic E-state index is -0.0779. The SMILES string of the molecule is CC1(C)c2ccccc2-c2ccc(N(c3ccccc3-c3ccccc3)c3ccccc3-c3ccccc3)cc21. The van der Waals surface area contributed by atoms with E-state index in [1.165, 1.54) is 44.5 Å². The minimum absolute atomic E-state index is 0.0779. The topological polar surface area (TPSA) is 3.24 Å². The number of fused-ring (bicyclic) bond motifs is 3. The highest BCUT2D eigenvalue weighted by atomic mass is 15.1. The standard InChI is InChI=1S/C39H31N/c1-39(2)35-22-12-9-21-33(35)34-26-25-30(27-36(34)39)40(37-23-13-10-19-31(37)28-15-5-3-6-16-28)38-24-14-11-20-32(38)29-17-7-4-8-18-29/h3-27H,1-2H3. The van der Waals surface area contributed by atoms with Crippen LogP contribution in [-0.2, 0) is 5.41 Å². The molecule has 1 nitrogen and oxygen atoms in total. The van der Waals surface area contributed by atoms with E-state index in [1.807, 2.05) is 0 Å². The number of rotatable bonds is 5. The van der Waals surface area contributed by atoms with E-state index in [0.29, 0.717) is 0 Å². The van der Waals surface area contributed by atoms with Crippen molar-refractivity contribution >= 4 is 17.1 Å². The third-order valence-corrected chi connectivity index (χ3v) is 8.28. The Bertz CT molecular complexity index is 1730. The fourth-order valence-electron chi connectivity index (χ4n) is 6.30. The molecule has 0 aromatic heterocycles. The van der Waals surface area contributed by atoms with E-state index in [2.05, 4.69) is 170 Å². The lowest BCUT2D eigenvalue weighted by atomic mass is 9.82. The minimum Gasteiger partial charge on any atom is -0.309 e. The molecule has 0 saturated carbocycles. The van der Waals surface area contributed by atoms with Gasteiger partial charge in [-0.15, -0.1) is 0 Å². The van der Waals surface area contributed by atoms with Crippen LogP contribution < -0.4 is 4.90 Å². The van der Waals surface area contributed by atoms with Crippen LogP contribution in [0, 0.1) is 0 Å². The van der Waals surface area contributed by atoms with Gasteiger partial charge in [-0.05, 0) is 57.6 Å². The van der Waals surface area contributed by atoms with Gasteiger partial charge in [0.1, 0.15) is 0 Å². The van der Waals surface area contributed by atoms with Crippen molar-refractivity contribution in [3.8, 4) is 33.4 Å². The molecule has 0 fully saturated rings. The van der Waals surface area contributed by atoms with Crippen molar-refractivity contribution in [2.45, 2.75) is 19.3 Å². The smallest absolute Gasteiger partial charge is 0.0540 e. The predicted octanol–water partition coefficient (Wildman–Crippen LogP) is 10.8. The van der Waals surface area contributed by atoms with E-state index in [4.69, 9.17) is 0 Å². The van der Waals surface area contributed by atoms with Crippen LogP contribution in [0.15, 0.2) is 152 Å². The van der Waals surface area contributed by atoms with Crippen molar-refractivity contribution < 1.29 is 0 Å². The Labute approximate surface area is 237 Å². The number of nitrogens with zero attached hydrogens (tertiary/aromatic N) is 1. The van der Waals surface area contributed by atoms with Crippen LogP contribution >= 0.6 is 0 Å². The molecule has 7 rings (SSSR count). The van der Waals surface area contributed by atoms with Crippen LogP contribution in [0.3, 0.4) is 0 Å². The first-order valence-corrected chi connectivity index (χ1v) is 14.0. The molecule has 0 heterocycles. The van der Waals surface area contributed by atoms with E-state index in [-0.39, 0.29) is 5.41 Å². The van der Waals surface area contributed by atoms with Crippen LogP contribution in [0.25, 0.3) is 33.4 Å². The Morgan fingerprint density at radius 3 is 1.43 bits per heavy atom. The molecule has 6 aromatic carbocycles. The van der Waals surface area contributed by atoms with Gasteiger partial charge < -0.3 is 4.90 Å². The highest BCUT2D eigenvalue weighted by Gasteiger charge is 2.36. The Kier molecular flexibility index (Phi) is 5.86. The zero-order valence-electron chi connectivity index (χ0n) is 22.9. The lowest BCUT2D eigenvalue weighted by molar-refractivity contribution is 0.660. The van der Waals surface area contributed by atoms with Gasteiger partial charge in [-0.2, -0.15) is 0 Å². The monoisotopic (exact) mass is 513 g/mol. The second-order valence-electron chi connectivity index (χ2n) is 11.0. The Morgan fingerprint density at radius 1 is 0.400 bits per heavy atom. The molecule has 0 N–H and O–H groups in total. The van der Waals surface area contributed by atoms with E-state index in [9.17, 15) is 0 Å². The van der Waals surface area contributed by atoms with Gasteiger partial charge in [-0.1, -0.05) is 141 Å². The summed E-state index contributed by atoms with van der Waals surface area (Å²) in [5.74, 6) is 0. The zero-order valence-corrected chi connectivity index (χ0v) is 22.9. The maximum atomic E-state index is 2.45. The molecule has 6 aromatic rings. The molecule has 192 valence electrons. The van der Waals surface area contributed by atoms with Crippen LogP contribution in [0.1, 0.15) is 25.0 Å². The molecule has 0 saturated heterocycles. The molecule has 0 amide bonds. The quantitative estimate of drug-likeness (QED) is 0.222. The lowest BCUT2D eigenvalue weighted by Crippen LogP contribution is -2.17. The molecule has 0 bridgehead atoms. The van der Waals surface area contributed by atoms with Crippen molar-refractivity contribution in [1.82, 2.24) is 0 Å². The summed E-state index contributed by atoms with van der Waals surface area (Å²) in [5.41, 5.74) is 13.6. The van der Waals surface area contributed by atoms with Crippen LogP contribution in [-0.4, -0.2) is 0 Å². The number of anilines is 3. The van der Waals surface area contributed by atoms with E-state index < -0.39 is 0 Å². The molecule has 0 unspecified atom stereocenters. The van der Waals surface area contributed by atoms with Gasteiger partial charge in [-0.3, -0.25) is 0 Å². The zero-order chi connectivity index (χ0) is 27.1. The number of hydrogen-bond donors (Lipinski definition) is 0. The highest BCUT2D eigenvalue weighted by Crippen LogP contribution is 2.51. The van der Waals surface area contributed by atoms with E-state index in [0.717, 1.165) is 17.1 Å². The van der Waals surface area contributed by atoms with Crippen molar-refractivity contribution in [3.05, 3.63) is 163 Å². The molecule has 0 aliphatic heterocycles. The normalized spacial score (nSPS) is 12.9.